The lowest BCUT2D eigenvalue weighted by Crippen LogP contribution is -2.47. The number of hydrogen-bond acceptors (Lipinski definition) is 4. The van der Waals surface area contributed by atoms with E-state index in [9.17, 15) is 14.9 Å². The Balaban J connectivity index is 1.97. The average molecular weight is 351 g/mol. The van der Waals surface area contributed by atoms with Crippen LogP contribution in [0.3, 0.4) is 0 Å². The number of carbonyl (C=O) groups is 1. The van der Waals surface area contributed by atoms with E-state index in [2.05, 4.69) is 4.90 Å². The molecule has 1 aliphatic heterocycles. The lowest BCUT2D eigenvalue weighted by Gasteiger charge is -2.33. The standard InChI is InChI=1S/C20H21N3O3/c1-21-10-12-22(13-11-21)20(24)19(17-7-3-2-4-8-17)15-16-6-5-9-18(14-16)23(25)26/h2-9,14-15H,10-13H2,1H3/b19-15+. The second kappa shape index (κ2) is 7.93. The van der Waals surface area contributed by atoms with Crippen molar-refractivity contribution in [2.75, 3.05) is 33.2 Å². The summed E-state index contributed by atoms with van der Waals surface area (Å²) in [5.41, 5.74) is 2.01. The minimum absolute atomic E-state index is 0.0122. The number of nitro groups is 1. The molecule has 0 spiro atoms. The Morgan fingerprint density at radius 2 is 1.73 bits per heavy atom. The van der Waals surface area contributed by atoms with Gasteiger partial charge in [-0.1, -0.05) is 42.5 Å². The number of nitro benzene ring substituents is 1. The molecule has 0 aliphatic carbocycles. The molecule has 1 fully saturated rings. The lowest BCUT2D eigenvalue weighted by molar-refractivity contribution is -0.384. The monoisotopic (exact) mass is 351 g/mol. The third kappa shape index (κ3) is 4.15. The fourth-order valence-corrected chi connectivity index (χ4v) is 2.96. The molecule has 0 atom stereocenters. The molecule has 2 aromatic carbocycles. The van der Waals surface area contributed by atoms with Crippen molar-refractivity contribution in [3.8, 4) is 0 Å². The molecule has 0 unspecified atom stereocenters. The maximum absolute atomic E-state index is 13.1. The Kier molecular flexibility index (Phi) is 5.43. The number of hydrogen-bond donors (Lipinski definition) is 0. The number of likely N-dealkylation sites (N-methyl/N-ethyl adjacent to an activating group) is 1. The lowest BCUT2D eigenvalue weighted by atomic mass is 10.0. The van der Waals surface area contributed by atoms with Crippen LogP contribution in [0, 0.1) is 10.1 Å². The van der Waals surface area contributed by atoms with Crippen molar-refractivity contribution in [1.82, 2.24) is 9.80 Å². The number of benzene rings is 2. The Bertz CT molecular complexity index is 825. The summed E-state index contributed by atoms with van der Waals surface area (Å²) in [5, 5.41) is 11.0. The van der Waals surface area contributed by atoms with Gasteiger partial charge in [0.2, 0.25) is 0 Å². The van der Waals surface area contributed by atoms with Crippen LogP contribution in [0.2, 0.25) is 0 Å². The van der Waals surface area contributed by atoms with Gasteiger partial charge in [0.05, 0.1) is 4.92 Å². The first-order valence-corrected chi connectivity index (χ1v) is 8.54. The van der Waals surface area contributed by atoms with Gasteiger partial charge in [0.1, 0.15) is 0 Å². The van der Waals surface area contributed by atoms with Crippen LogP contribution in [-0.2, 0) is 4.79 Å². The van der Waals surface area contributed by atoms with Gasteiger partial charge in [-0.25, -0.2) is 0 Å². The molecule has 0 bridgehead atoms. The van der Waals surface area contributed by atoms with Crippen LogP contribution >= 0.6 is 0 Å². The molecule has 0 N–H and O–H groups in total. The summed E-state index contributed by atoms with van der Waals surface area (Å²) in [7, 11) is 2.04. The molecule has 26 heavy (non-hydrogen) atoms. The van der Waals surface area contributed by atoms with Crippen molar-refractivity contribution in [2.45, 2.75) is 0 Å². The van der Waals surface area contributed by atoms with Crippen LogP contribution in [0.15, 0.2) is 54.6 Å². The number of rotatable bonds is 4. The van der Waals surface area contributed by atoms with Crippen molar-refractivity contribution in [3.05, 3.63) is 75.8 Å². The first-order chi connectivity index (χ1) is 12.5. The highest BCUT2D eigenvalue weighted by atomic mass is 16.6. The second-order valence-corrected chi connectivity index (χ2v) is 6.37. The maximum atomic E-state index is 13.1. The summed E-state index contributed by atoms with van der Waals surface area (Å²) in [6.45, 7) is 3.03. The molecule has 0 radical (unpaired) electrons. The smallest absolute Gasteiger partial charge is 0.270 e. The SMILES string of the molecule is CN1CCN(C(=O)/C(=C/c2cccc([N+](=O)[O-])c2)c2ccccc2)CC1. The van der Waals surface area contributed by atoms with Gasteiger partial charge in [-0.15, -0.1) is 0 Å². The average Bonchev–Trinajstić information content (AvgIpc) is 2.67. The summed E-state index contributed by atoms with van der Waals surface area (Å²) >= 11 is 0. The largest absolute Gasteiger partial charge is 0.336 e. The molecule has 0 saturated carbocycles. The van der Waals surface area contributed by atoms with Gasteiger partial charge >= 0.3 is 0 Å². The number of carbonyl (C=O) groups excluding carboxylic acids is 1. The normalized spacial score (nSPS) is 15.7. The van der Waals surface area contributed by atoms with Crippen LogP contribution < -0.4 is 0 Å². The predicted octanol–water partition coefficient (Wildman–Crippen LogP) is 2.91. The van der Waals surface area contributed by atoms with Crippen LogP contribution in [0.5, 0.6) is 0 Å². The van der Waals surface area contributed by atoms with Gasteiger partial charge in [0.25, 0.3) is 11.6 Å². The van der Waals surface area contributed by atoms with Gasteiger partial charge in [-0.3, -0.25) is 14.9 Å². The fraction of sp³-hybridized carbons (Fsp3) is 0.250. The second-order valence-electron chi connectivity index (χ2n) is 6.37. The van der Waals surface area contributed by atoms with Crippen LogP contribution in [0.4, 0.5) is 5.69 Å². The van der Waals surface area contributed by atoms with E-state index in [-0.39, 0.29) is 11.6 Å². The van der Waals surface area contributed by atoms with E-state index in [1.54, 1.807) is 18.2 Å². The molecule has 6 nitrogen and oxygen atoms in total. The van der Waals surface area contributed by atoms with Crippen molar-refractivity contribution < 1.29 is 9.72 Å². The molecule has 1 aliphatic rings. The summed E-state index contributed by atoms with van der Waals surface area (Å²) in [5.74, 6) is -0.0455. The van der Waals surface area contributed by atoms with E-state index in [1.807, 2.05) is 42.3 Å². The summed E-state index contributed by atoms with van der Waals surface area (Å²) < 4.78 is 0. The summed E-state index contributed by atoms with van der Waals surface area (Å²) in [6, 6.07) is 15.8. The molecular weight excluding hydrogens is 330 g/mol. The molecule has 3 rings (SSSR count). The highest BCUT2D eigenvalue weighted by Gasteiger charge is 2.23. The molecule has 6 heteroatoms. The third-order valence-corrected chi connectivity index (χ3v) is 4.50. The Labute approximate surface area is 152 Å². The van der Waals surface area contributed by atoms with Crippen molar-refractivity contribution in [2.24, 2.45) is 0 Å². The van der Waals surface area contributed by atoms with E-state index in [4.69, 9.17) is 0 Å². The number of non-ortho nitro benzene ring substituents is 1. The Morgan fingerprint density at radius 3 is 2.38 bits per heavy atom. The van der Waals surface area contributed by atoms with E-state index in [1.165, 1.54) is 12.1 Å². The van der Waals surface area contributed by atoms with Gasteiger partial charge in [0, 0.05) is 43.9 Å². The van der Waals surface area contributed by atoms with E-state index in [0.29, 0.717) is 24.2 Å². The zero-order chi connectivity index (χ0) is 18.5. The molecule has 0 aromatic heterocycles. The van der Waals surface area contributed by atoms with Gasteiger partial charge in [0.15, 0.2) is 0 Å². The van der Waals surface area contributed by atoms with E-state index in [0.717, 1.165) is 18.7 Å². The quantitative estimate of drug-likeness (QED) is 0.368. The molecule has 1 saturated heterocycles. The van der Waals surface area contributed by atoms with Crippen LogP contribution in [-0.4, -0.2) is 53.9 Å². The molecule has 1 heterocycles. The Hall–Kier alpha value is -2.99. The number of amides is 1. The molecule has 134 valence electrons. The predicted molar refractivity (Wildman–Crippen MR) is 101 cm³/mol. The zero-order valence-electron chi connectivity index (χ0n) is 14.7. The minimum Gasteiger partial charge on any atom is -0.336 e. The number of piperazine rings is 1. The van der Waals surface area contributed by atoms with Crippen LogP contribution in [0.1, 0.15) is 11.1 Å². The summed E-state index contributed by atoms with van der Waals surface area (Å²) in [6.07, 6.45) is 1.74. The topological polar surface area (TPSA) is 66.7 Å². The van der Waals surface area contributed by atoms with Crippen molar-refractivity contribution >= 4 is 23.2 Å². The van der Waals surface area contributed by atoms with Gasteiger partial charge in [-0.05, 0) is 24.3 Å². The van der Waals surface area contributed by atoms with E-state index >= 15 is 0 Å². The first-order valence-electron chi connectivity index (χ1n) is 8.54. The third-order valence-electron chi connectivity index (χ3n) is 4.50. The van der Waals surface area contributed by atoms with Crippen LogP contribution in [0.25, 0.3) is 11.6 Å². The van der Waals surface area contributed by atoms with E-state index < -0.39 is 4.92 Å². The van der Waals surface area contributed by atoms with Crippen molar-refractivity contribution in [1.29, 1.82) is 0 Å². The fourth-order valence-electron chi connectivity index (χ4n) is 2.96. The first kappa shape index (κ1) is 17.8. The molecular formula is C20H21N3O3. The number of nitrogens with zero attached hydrogens (tertiary/aromatic N) is 3. The van der Waals surface area contributed by atoms with Crippen molar-refractivity contribution in [3.63, 3.8) is 0 Å². The van der Waals surface area contributed by atoms with Gasteiger partial charge in [-0.2, -0.15) is 0 Å². The molecule has 1 amide bonds. The zero-order valence-corrected chi connectivity index (χ0v) is 14.7. The van der Waals surface area contributed by atoms with Gasteiger partial charge < -0.3 is 9.80 Å². The maximum Gasteiger partial charge on any atom is 0.270 e. The summed E-state index contributed by atoms with van der Waals surface area (Å²) in [4.78, 5) is 27.8. The minimum atomic E-state index is -0.429. The Morgan fingerprint density at radius 1 is 1.04 bits per heavy atom. The molecule has 2 aromatic rings. The highest BCUT2D eigenvalue weighted by Crippen LogP contribution is 2.23. The highest BCUT2D eigenvalue weighted by molar-refractivity contribution is 6.24.